The smallest absolute Gasteiger partial charge is 0.346 e. The van der Waals surface area contributed by atoms with E-state index in [4.69, 9.17) is 16.2 Å². The molecule has 0 atom stereocenters. The van der Waals surface area contributed by atoms with E-state index in [0.717, 1.165) is 0 Å². The summed E-state index contributed by atoms with van der Waals surface area (Å²) < 4.78 is 4.80. The fourth-order valence-corrected chi connectivity index (χ4v) is 0.853. The normalized spacial score (nSPS) is 10.9. The van der Waals surface area contributed by atoms with Crippen molar-refractivity contribution < 1.29 is 14.5 Å². The number of nitrogens with two attached hydrogens (primary N) is 2. The Hall–Kier alpha value is -1.99. The summed E-state index contributed by atoms with van der Waals surface area (Å²) in [7, 11) is 0. The van der Waals surface area contributed by atoms with Gasteiger partial charge in [0.25, 0.3) is 5.69 Å². The Bertz CT molecular complexity index is 408. The maximum absolute atomic E-state index is 11.2. The molecule has 0 aliphatic rings. The number of non-ortho nitro benzene ring substituents is 1. The quantitative estimate of drug-likeness (QED) is 0.248. The van der Waals surface area contributed by atoms with Gasteiger partial charge in [0.05, 0.1) is 4.92 Å². The molecule has 0 heterocycles. The Balaban J connectivity index is 2.77. The van der Waals surface area contributed by atoms with E-state index in [2.05, 4.69) is 0 Å². The summed E-state index contributed by atoms with van der Waals surface area (Å²) >= 11 is 0. The minimum atomic E-state index is -1.60. The fourth-order valence-electron chi connectivity index (χ4n) is 0.853. The van der Waals surface area contributed by atoms with Crippen LogP contribution in [0.4, 0.5) is 5.69 Å². The summed E-state index contributed by atoms with van der Waals surface area (Å²) in [6.45, 7) is 1.29. The first-order valence-electron chi connectivity index (χ1n) is 4.35. The Morgan fingerprint density at radius 3 is 2.25 bits per heavy atom. The molecular formula is C9H11N3O4. The van der Waals surface area contributed by atoms with Crippen molar-refractivity contribution in [3.05, 3.63) is 34.4 Å². The summed E-state index contributed by atoms with van der Waals surface area (Å²) in [5.41, 5.74) is 8.91. The van der Waals surface area contributed by atoms with Gasteiger partial charge in [-0.15, -0.1) is 0 Å². The third-order valence-electron chi connectivity index (χ3n) is 1.70. The first-order chi connectivity index (χ1) is 7.30. The van der Waals surface area contributed by atoms with Crippen LogP contribution in [0.15, 0.2) is 24.3 Å². The van der Waals surface area contributed by atoms with E-state index >= 15 is 0 Å². The largest absolute Gasteiger partial charge is 0.424 e. The summed E-state index contributed by atoms with van der Waals surface area (Å²) in [6.07, 6.45) is 0. The van der Waals surface area contributed by atoms with Gasteiger partial charge in [0.2, 0.25) is 0 Å². The molecule has 1 aromatic rings. The third kappa shape index (κ3) is 3.01. The number of nitro benzene ring substituents is 1. The standard InChI is InChI=1S/C9H11N3O4/c1-9(10,11)8(13)16-7-4-2-6(3-5-7)12(14)15/h2-5H,10-11H2,1H3. The van der Waals surface area contributed by atoms with E-state index in [9.17, 15) is 14.9 Å². The molecule has 7 heteroatoms. The average Bonchev–Trinajstić information content (AvgIpc) is 2.17. The van der Waals surface area contributed by atoms with Gasteiger partial charge in [-0.2, -0.15) is 0 Å². The Kier molecular flexibility index (Phi) is 3.21. The number of carbonyl (C=O) groups excluding carboxylic acids is 1. The summed E-state index contributed by atoms with van der Waals surface area (Å²) in [4.78, 5) is 21.0. The predicted octanol–water partition coefficient (Wildman–Crippen LogP) is 0.134. The van der Waals surface area contributed by atoms with Crippen LogP contribution >= 0.6 is 0 Å². The highest BCUT2D eigenvalue weighted by Gasteiger charge is 2.25. The summed E-state index contributed by atoms with van der Waals surface area (Å²) in [6, 6.07) is 5.02. The number of nitrogens with zero attached hydrogens (tertiary/aromatic N) is 1. The van der Waals surface area contributed by atoms with Gasteiger partial charge in [0.1, 0.15) is 5.75 Å². The van der Waals surface area contributed by atoms with E-state index in [-0.39, 0.29) is 11.4 Å². The molecular weight excluding hydrogens is 214 g/mol. The van der Waals surface area contributed by atoms with Gasteiger partial charge in [-0.05, 0) is 19.1 Å². The first-order valence-corrected chi connectivity index (χ1v) is 4.35. The van der Waals surface area contributed by atoms with Gasteiger partial charge in [0.15, 0.2) is 5.66 Å². The maximum Gasteiger partial charge on any atom is 0.346 e. The molecule has 7 nitrogen and oxygen atoms in total. The van der Waals surface area contributed by atoms with Gasteiger partial charge in [-0.3, -0.25) is 10.1 Å². The highest BCUT2D eigenvalue weighted by Crippen LogP contribution is 2.17. The van der Waals surface area contributed by atoms with Crippen LogP contribution in [0.3, 0.4) is 0 Å². The van der Waals surface area contributed by atoms with Crippen LogP contribution in [0.1, 0.15) is 6.92 Å². The Morgan fingerprint density at radius 2 is 1.88 bits per heavy atom. The molecule has 4 N–H and O–H groups in total. The molecule has 0 saturated carbocycles. The second-order valence-corrected chi connectivity index (χ2v) is 3.42. The molecule has 1 rings (SSSR count). The highest BCUT2D eigenvalue weighted by molar-refractivity contribution is 5.81. The van der Waals surface area contributed by atoms with Crippen molar-refractivity contribution in [3.63, 3.8) is 0 Å². The molecule has 0 aliphatic carbocycles. The lowest BCUT2D eigenvalue weighted by Crippen LogP contribution is -2.55. The Morgan fingerprint density at radius 1 is 1.38 bits per heavy atom. The number of rotatable bonds is 3. The lowest BCUT2D eigenvalue weighted by atomic mass is 10.2. The lowest BCUT2D eigenvalue weighted by Gasteiger charge is -2.16. The SMILES string of the molecule is CC(N)(N)C(=O)Oc1ccc([N+](=O)[O-])cc1. The number of esters is 1. The molecule has 0 fully saturated rings. The molecule has 0 bridgehead atoms. The zero-order valence-corrected chi connectivity index (χ0v) is 8.54. The van der Waals surface area contributed by atoms with Crippen LogP contribution < -0.4 is 16.2 Å². The summed E-state index contributed by atoms with van der Waals surface area (Å²) in [5, 5.41) is 10.4. The van der Waals surface area contributed by atoms with Crippen molar-refractivity contribution >= 4 is 11.7 Å². The van der Waals surface area contributed by atoms with Gasteiger partial charge < -0.3 is 16.2 Å². The van der Waals surface area contributed by atoms with Gasteiger partial charge >= 0.3 is 5.97 Å². The number of ether oxygens (including phenoxy) is 1. The lowest BCUT2D eigenvalue weighted by molar-refractivity contribution is -0.384. The van der Waals surface area contributed by atoms with Crippen molar-refractivity contribution in [1.82, 2.24) is 0 Å². The van der Waals surface area contributed by atoms with E-state index in [1.54, 1.807) is 0 Å². The molecule has 0 spiro atoms. The van der Waals surface area contributed by atoms with E-state index in [1.165, 1.54) is 31.2 Å². The van der Waals surface area contributed by atoms with E-state index in [1.807, 2.05) is 0 Å². The number of nitro groups is 1. The van der Waals surface area contributed by atoms with Crippen molar-refractivity contribution in [3.8, 4) is 5.75 Å². The van der Waals surface area contributed by atoms with Gasteiger partial charge in [-0.25, -0.2) is 4.79 Å². The highest BCUT2D eigenvalue weighted by atomic mass is 16.6. The zero-order chi connectivity index (χ0) is 12.3. The van der Waals surface area contributed by atoms with Crippen molar-refractivity contribution in [2.24, 2.45) is 11.5 Å². The van der Waals surface area contributed by atoms with Crippen LogP contribution in [0.25, 0.3) is 0 Å². The minimum Gasteiger partial charge on any atom is -0.424 e. The van der Waals surface area contributed by atoms with Crippen molar-refractivity contribution in [2.45, 2.75) is 12.6 Å². The second-order valence-electron chi connectivity index (χ2n) is 3.42. The number of hydrogen-bond acceptors (Lipinski definition) is 6. The van der Waals surface area contributed by atoms with Crippen LogP contribution in [-0.4, -0.2) is 16.6 Å². The topological polar surface area (TPSA) is 121 Å². The van der Waals surface area contributed by atoms with Crippen LogP contribution in [-0.2, 0) is 4.79 Å². The van der Waals surface area contributed by atoms with Crippen LogP contribution in [0.2, 0.25) is 0 Å². The van der Waals surface area contributed by atoms with Crippen LogP contribution in [0, 0.1) is 10.1 Å². The van der Waals surface area contributed by atoms with Crippen molar-refractivity contribution in [1.29, 1.82) is 0 Å². The monoisotopic (exact) mass is 225 g/mol. The molecule has 0 aromatic heterocycles. The van der Waals surface area contributed by atoms with E-state index in [0.29, 0.717) is 0 Å². The third-order valence-corrected chi connectivity index (χ3v) is 1.70. The van der Waals surface area contributed by atoms with Crippen molar-refractivity contribution in [2.75, 3.05) is 0 Å². The number of carbonyl (C=O) groups is 1. The van der Waals surface area contributed by atoms with Gasteiger partial charge in [0, 0.05) is 12.1 Å². The molecule has 86 valence electrons. The predicted molar refractivity (Wildman–Crippen MR) is 55.5 cm³/mol. The second kappa shape index (κ2) is 4.25. The molecule has 0 aliphatic heterocycles. The molecule has 16 heavy (non-hydrogen) atoms. The average molecular weight is 225 g/mol. The maximum atomic E-state index is 11.2. The number of hydrogen-bond donors (Lipinski definition) is 2. The molecule has 0 unspecified atom stereocenters. The minimum absolute atomic E-state index is 0.0944. The molecule has 0 saturated heterocycles. The first kappa shape index (κ1) is 12.1. The Labute approximate surface area is 91.1 Å². The molecule has 0 radical (unpaired) electrons. The molecule has 0 amide bonds. The van der Waals surface area contributed by atoms with Gasteiger partial charge in [-0.1, -0.05) is 0 Å². The zero-order valence-electron chi connectivity index (χ0n) is 8.54. The fraction of sp³-hybridized carbons (Fsp3) is 0.222. The van der Waals surface area contributed by atoms with Crippen LogP contribution in [0.5, 0.6) is 5.75 Å². The number of benzene rings is 1. The summed E-state index contributed by atoms with van der Waals surface area (Å²) in [5.74, 6) is -0.668. The van der Waals surface area contributed by atoms with E-state index < -0.39 is 16.6 Å². The molecule has 1 aromatic carbocycles.